The largest absolute Gasteiger partial charge is 0.342 e. The third kappa shape index (κ3) is 4.52. The number of carbonyl (C=O) groups excluding carboxylic acids is 1. The molecule has 0 aromatic carbocycles. The second kappa shape index (κ2) is 8.12. The number of aromatic nitrogens is 3. The molecular formula is C15H27N5O. The van der Waals surface area contributed by atoms with Gasteiger partial charge in [0.2, 0.25) is 5.91 Å². The lowest BCUT2D eigenvalue weighted by Crippen LogP contribution is -2.39. The van der Waals surface area contributed by atoms with Gasteiger partial charge in [0.1, 0.15) is 12.2 Å². The summed E-state index contributed by atoms with van der Waals surface area (Å²) in [5.41, 5.74) is 5.47. The van der Waals surface area contributed by atoms with E-state index in [-0.39, 0.29) is 5.91 Å². The molecule has 2 heterocycles. The first-order valence-electron chi connectivity index (χ1n) is 8.04. The number of nitrogens with zero attached hydrogens (tertiary/aromatic N) is 4. The van der Waals surface area contributed by atoms with E-state index in [1.165, 1.54) is 0 Å². The van der Waals surface area contributed by atoms with Crippen LogP contribution in [-0.4, -0.2) is 45.2 Å². The Bertz CT molecular complexity index is 445. The Hall–Kier alpha value is -1.43. The molecule has 0 spiro atoms. The number of hydrogen-bond donors (Lipinski definition) is 1. The number of nitrogens with two attached hydrogens (primary N) is 1. The van der Waals surface area contributed by atoms with Gasteiger partial charge >= 0.3 is 0 Å². The molecule has 0 aliphatic carbocycles. The van der Waals surface area contributed by atoms with Crippen LogP contribution in [0.15, 0.2) is 6.33 Å². The lowest BCUT2D eigenvalue weighted by molar-refractivity contribution is -0.132. The van der Waals surface area contributed by atoms with Crippen molar-refractivity contribution in [2.24, 2.45) is 12.8 Å². The van der Waals surface area contributed by atoms with Crippen molar-refractivity contribution in [3.63, 3.8) is 0 Å². The topological polar surface area (TPSA) is 77.0 Å². The highest BCUT2D eigenvalue weighted by Gasteiger charge is 2.26. The molecule has 1 aromatic rings. The van der Waals surface area contributed by atoms with Gasteiger partial charge < -0.3 is 15.2 Å². The van der Waals surface area contributed by atoms with Crippen LogP contribution in [0.2, 0.25) is 0 Å². The van der Waals surface area contributed by atoms with E-state index in [0.29, 0.717) is 12.3 Å². The van der Waals surface area contributed by atoms with Crippen molar-refractivity contribution in [2.45, 2.75) is 50.9 Å². The first-order valence-corrected chi connectivity index (χ1v) is 8.04. The fourth-order valence-corrected chi connectivity index (χ4v) is 3.01. The van der Waals surface area contributed by atoms with Crippen molar-refractivity contribution in [2.75, 3.05) is 19.6 Å². The van der Waals surface area contributed by atoms with Crippen molar-refractivity contribution in [1.29, 1.82) is 0 Å². The maximum Gasteiger partial charge on any atom is 0.222 e. The molecule has 1 atom stereocenters. The smallest absolute Gasteiger partial charge is 0.222 e. The number of piperidine rings is 1. The van der Waals surface area contributed by atoms with Crippen LogP contribution in [0.4, 0.5) is 0 Å². The zero-order valence-electron chi connectivity index (χ0n) is 13.0. The number of hydrogen-bond acceptors (Lipinski definition) is 4. The minimum Gasteiger partial charge on any atom is -0.342 e. The summed E-state index contributed by atoms with van der Waals surface area (Å²) < 4.78 is 1.96. The van der Waals surface area contributed by atoms with Crippen LogP contribution in [0.5, 0.6) is 0 Å². The Balaban J connectivity index is 1.78. The SMILES string of the molecule is Cn1cnnc1C1CCCN(C(=O)CCCCCCN)C1. The minimum absolute atomic E-state index is 0.287. The van der Waals surface area contributed by atoms with Gasteiger partial charge in [0.05, 0.1) is 0 Å². The number of rotatable bonds is 7. The minimum atomic E-state index is 0.287. The van der Waals surface area contributed by atoms with Crippen molar-refractivity contribution in [1.82, 2.24) is 19.7 Å². The van der Waals surface area contributed by atoms with E-state index in [0.717, 1.165) is 64.0 Å². The molecule has 118 valence electrons. The predicted molar refractivity (Wildman–Crippen MR) is 81.7 cm³/mol. The molecule has 6 nitrogen and oxygen atoms in total. The van der Waals surface area contributed by atoms with Crippen molar-refractivity contribution < 1.29 is 4.79 Å². The highest BCUT2D eigenvalue weighted by Crippen LogP contribution is 2.25. The Morgan fingerprint density at radius 2 is 2.19 bits per heavy atom. The maximum atomic E-state index is 12.3. The number of amides is 1. The predicted octanol–water partition coefficient (Wildman–Crippen LogP) is 1.43. The van der Waals surface area contributed by atoms with Crippen molar-refractivity contribution in [3.05, 3.63) is 12.2 Å². The van der Waals surface area contributed by atoms with Crippen molar-refractivity contribution in [3.8, 4) is 0 Å². The lowest BCUT2D eigenvalue weighted by atomic mass is 9.96. The normalized spacial score (nSPS) is 19.0. The van der Waals surface area contributed by atoms with Crippen LogP contribution >= 0.6 is 0 Å². The Morgan fingerprint density at radius 1 is 1.38 bits per heavy atom. The van der Waals surface area contributed by atoms with Gasteiger partial charge in [-0.1, -0.05) is 12.8 Å². The van der Waals surface area contributed by atoms with E-state index >= 15 is 0 Å². The van der Waals surface area contributed by atoms with Gasteiger partial charge in [-0.05, 0) is 32.2 Å². The summed E-state index contributed by atoms with van der Waals surface area (Å²) in [6, 6.07) is 0. The van der Waals surface area contributed by atoms with Gasteiger partial charge in [-0.3, -0.25) is 4.79 Å². The Kier molecular flexibility index (Phi) is 6.17. The monoisotopic (exact) mass is 293 g/mol. The van der Waals surface area contributed by atoms with E-state index in [4.69, 9.17) is 5.73 Å². The van der Waals surface area contributed by atoms with E-state index in [9.17, 15) is 4.79 Å². The summed E-state index contributed by atoms with van der Waals surface area (Å²) in [4.78, 5) is 14.3. The van der Waals surface area contributed by atoms with Crippen LogP contribution < -0.4 is 5.73 Å². The Labute approximate surface area is 126 Å². The second-order valence-electron chi connectivity index (χ2n) is 5.93. The van der Waals surface area contributed by atoms with E-state index in [1.807, 2.05) is 16.5 Å². The summed E-state index contributed by atoms with van der Waals surface area (Å²) >= 11 is 0. The summed E-state index contributed by atoms with van der Waals surface area (Å²) in [5, 5.41) is 8.14. The van der Waals surface area contributed by atoms with Crippen LogP contribution in [0, 0.1) is 0 Å². The molecule has 0 saturated carbocycles. The zero-order valence-corrected chi connectivity index (χ0v) is 13.0. The van der Waals surface area contributed by atoms with Crippen molar-refractivity contribution >= 4 is 5.91 Å². The number of unbranched alkanes of at least 4 members (excludes halogenated alkanes) is 3. The first kappa shape index (κ1) is 15.9. The molecule has 1 amide bonds. The van der Waals surface area contributed by atoms with E-state index in [2.05, 4.69) is 10.2 Å². The highest BCUT2D eigenvalue weighted by atomic mass is 16.2. The molecule has 6 heteroatoms. The summed E-state index contributed by atoms with van der Waals surface area (Å²) in [7, 11) is 1.97. The zero-order chi connectivity index (χ0) is 15.1. The fraction of sp³-hybridized carbons (Fsp3) is 0.800. The third-order valence-electron chi connectivity index (χ3n) is 4.23. The van der Waals surface area contributed by atoms with Gasteiger partial charge in [0.25, 0.3) is 0 Å². The molecule has 2 N–H and O–H groups in total. The van der Waals surface area contributed by atoms with Gasteiger partial charge in [0, 0.05) is 32.5 Å². The summed E-state index contributed by atoms with van der Waals surface area (Å²) in [5.74, 6) is 1.61. The highest BCUT2D eigenvalue weighted by molar-refractivity contribution is 5.76. The molecule has 0 bridgehead atoms. The Morgan fingerprint density at radius 3 is 2.90 bits per heavy atom. The molecule has 1 aliphatic heterocycles. The number of likely N-dealkylation sites (tertiary alicyclic amines) is 1. The number of carbonyl (C=O) groups is 1. The summed E-state index contributed by atoms with van der Waals surface area (Å²) in [6.45, 7) is 2.42. The van der Waals surface area contributed by atoms with Gasteiger partial charge in [-0.25, -0.2) is 0 Å². The quantitative estimate of drug-likeness (QED) is 0.772. The van der Waals surface area contributed by atoms with Crippen LogP contribution in [-0.2, 0) is 11.8 Å². The maximum absolute atomic E-state index is 12.3. The average molecular weight is 293 g/mol. The molecule has 1 saturated heterocycles. The first-order chi connectivity index (χ1) is 10.2. The molecule has 1 aliphatic rings. The molecule has 1 aromatic heterocycles. The average Bonchev–Trinajstić information content (AvgIpc) is 2.93. The number of aryl methyl sites for hydroxylation is 1. The van der Waals surface area contributed by atoms with Gasteiger partial charge in [-0.2, -0.15) is 0 Å². The van der Waals surface area contributed by atoms with Crippen LogP contribution in [0.3, 0.4) is 0 Å². The molecule has 2 rings (SSSR count). The standard InChI is InChI=1S/C15H27N5O/c1-19-12-17-18-15(19)13-7-6-10-20(11-13)14(21)8-4-2-3-5-9-16/h12-13H,2-11,16H2,1H3. The van der Waals surface area contributed by atoms with Crippen LogP contribution in [0.25, 0.3) is 0 Å². The van der Waals surface area contributed by atoms with E-state index < -0.39 is 0 Å². The molecule has 21 heavy (non-hydrogen) atoms. The summed E-state index contributed by atoms with van der Waals surface area (Å²) in [6.07, 6.45) is 8.80. The molecular weight excluding hydrogens is 266 g/mol. The third-order valence-corrected chi connectivity index (χ3v) is 4.23. The lowest BCUT2D eigenvalue weighted by Gasteiger charge is -2.32. The van der Waals surface area contributed by atoms with Crippen LogP contribution in [0.1, 0.15) is 56.7 Å². The fourth-order valence-electron chi connectivity index (χ4n) is 3.01. The van der Waals surface area contributed by atoms with Gasteiger partial charge in [-0.15, -0.1) is 10.2 Å². The van der Waals surface area contributed by atoms with Gasteiger partial charge in [0.15, 0.2) is 0 Å². The van der Waals surface area contributed by atoms with E-state index in [1.54, 1.807) is 6.33 Å². The molecule has 1 unspecified atom stereocenters. The molecule has 1 fully saturated rings. The second-order valence-corrected chi connectivity index (χ2v) is 5.93. The molecule has 0 radical (unpaired) electrons.